The highest BCUT2D eigenvalue weighted by Crippen LogP contribution is 2.30. The summed E-state index contributed by atoms with van der Waals surface area (Å²) in [6, 6.07) is 7.00. The third-order valence-corrected chi connectivity index (χ3v) is 4.63. The molecule has 136 valence electrons. The van der Waals surface area contributed by atoms with Crippen molar-refractivity contribution in [2.75, 3.05) is 17.2 Å². The highest BCUT2D eigenvalue weighted by molar-refractivity contribution is 7.17. The first kappa shape index (κ1) is 17.9. The van der Waals surface area contributed by atoms with E-state index in [0.29, 0.717) is 22.0 Å². The van der Waals surface area contributed by atoms with E-state index < -0.39 is 18.0 Å². The number of aromatic nitrogens is 1. The fourth-order valence-electron chi connectivity index (χ4n) is 2.40. The van der Waals surface area contributed by atoms with Crippen LogP contribution in [0.5, 0.6) is 5.75 Å². The number of aryl methyl sites for hydroxylation is 1. The molecule has 26 heavy (non-hydrogen) atoms. The molecule has 2 aromatic rings. The minimum absolute atomic E-state index is 0.173. The summed E-state index contributed by atoms with van der Waals surface area (Å²) >= 11 is 1.03. The number of carbonyl (C=O) groups is 3. The van der Waals surface area contributed by atoms with Crippen molar-refractivity contribution in [1.29, 1.82) is 0 Å². The molecule has 9 heteroatoms. The Hall–Kier alpha value is -2.94. The van der Waals surface area contributed by atoms with E-state index in [2.05, 4.69) is 15.6 Å². The first-order valence-corrected chi connectivity index (χ1v) is 8.80. The number of benzene rings is 1. The summed E-state index contributed by atoms with van der Waals surface area (Å²) in [5, 5.41) is 5.57. The Labute approximate surface area is 153 Å². The molecule has 2 heterocycles. The van der Waals surface area contributed by atoms with Crippen LogP contribution in [-0.2, 0) is 14.3 Å². The van der Waals surface area contributed by atoms with Crippen molar-refractivity contribution < 1.29 is 23.9 Å². The number of nitrogens with zero attached hydrogens (tertiary/aromatic N) is 1. The number of thiazole rings is 1. The largest absolute Gasteiger partial charge is 0.478 e. The van der Waals surface area contributed by atoms with Crippen LogP contribution >= 0.6 is 11.3 Å². The van der Waals surface area contributed by atoms with Gasteiger partial charge < -0.3 is 20.1 Å². The lowest BCUT2D eigenvalue weighted by atomic mass is 10.1. The maximum absolute atomic E-state index is 12.2. The van der Waals surface area contributed by atoms with E-state index in [0.717, 1.165) is 11.3 Å². The van der Waals surface area contributed by atoms with E-state index in [1.807, 2.05) is 0 Å². The Balaban J connectivity index is 1.64. The Bertz CT molecular complexity index is 864. The van der Waals surface area contributed by atoms with Crippen molar-refractivity contribution in [3.05, 3.63) is 34.8 Å². The third-order valence-electron chi connectivity index (χ3n) is 3.58. The zero-order valence-corrected chi connectivity index (χ0v) is 15.0. The second-order valence-electron chi connectivity index (χ2n) is 5.50. The van der Waals surface area contributed by atoms with Crippen molar-refractivity contribution in [3.63, 3.8) is 0 Å². The lowest BCUT2D eigenvalue weighted by Crippen LogP contribution is -2.39. The summed E-state index contributed by atoms with van der Waals surface area (Å²) in [6.45, 7) is 3.63. The maximum atomic E-state index is 12.2. The number of carbonyl (C=O) groups excluding carboxylic acids is 3. The third kappa shape index (κ3) is 3.83. The summed E-state index contributed by atoms with van der Waals surface area (Å²) in [5.41, 5.74) is 1.05. The summed E-state index contributed by atoms with van der Waals surface area (Å²) < 4.78 is 10.5. The molecule has 0 radical (unpaired) electrons. The topological polar surface area (TPSA) is 107 Å². The molecule has 2 N–H and O–H groups in total. The summed E-state index contributed by atoms with van der Waals surface area (Å²) in [5.74, 6) is -0.788. The van der Waals surface area contributed by atoms with E-state index in [-0.39, 0.29) is 24.1 Å². The van der Waals surface area contributed by atoms with Crippen LogP contribution in [0.4, 0.5) is 10.8 Å². The summed E-state index contributed by atoms with van der Waals surface area (Å²) in [7, 11) is 0. The predicted molar refractivity (Wildman–Crippen MR) is 95.5 cm³/mol. The summed E-state index contributed by atoms with van der Waals surface area (Å²) in [4.78, 5) is 40.6. The normalized spacial score (nSPS) is 15.5. The average molecular weight is 375 g/mol. The first-order chi connectivity index (χ1) is 12.5. The SMILES string of the molecule is CCOC(=O)c1sc(NC(=O)CC2Oc3ccccc3NC2=O)nc1C. The van der Waals surface area contributed by atoms with Gasteiger partial charge in [-0.15, -0.1) is 0 Å². The van der Waals surface area contributed by atoms with Crippen LogP contribution in [-0.4, -0.2) is 35.5 Å². The van der Waals surface area contributed by atoms with Crippen LogP contribution in [0, 0.1) is 6.92 Å². The first-order valence-electron chi connectivity index (χ1n) is 7.99. The van der Waals surface area contributed by atoms with E-state index >= 15 is 0 Å². The minimum Gasteiger partial charge on any atom is -0.478 e. The zero-order chi connectivity index (χ0) is 18.7. The molecule has 1 aliphatic heterocycles. The molecular weight excluding hydrogens is 358 g/mol. The molecule has 0 saturated carbocycles. The quantitative estimate of drug-likeness (QED) is 0.777. The average Bonchev–Trinajstić information content (AvgIpc) is 2.96. The van der Waals surface area contributed by atoms with Crippen LogP contribution in [0.15, 0.2) is 24.3 Å². The zero-order valence-electron chi connectivity index (χ0n) is 14.2. The Morgan fingerprint density at radius 3 is 2.92 bits per heavy atom. The maximum Gasteiger partial charge on any atom is 0.350 e. The van der Waals surface area contributed by atoms with Crippen molar-refractivity contribution >= 4 is 39.9 Å². The number of fused-ring (bicyclic) bond motifs is 1. The molecule has 0 saturated heterocycles. The Kier molecular flexibility index (Phi) is 5.17. The van der Waals surface area contributed by atoms with Crippen LogP contribution < -0.4 is 15.4 Å². The lowest BCUT2D eigenvalue weighted by molar-refractivity contribution is -0.128. The van der Waals surface area contributed by atoms with Gasteiger partial charge >= 0.3 is 5.97 Å². The number of anilines is 2. The van der Waals surface area contributed by atoms with Crippen molar-refractivity contribution in [1.82, 2.24) is 4.98 Å². The van der Waals surface area contributed by atoms with E-state index in [1.54, 1.807) is 38.1 Å². The Morgan fingerprint density at radius 1 is 1.38 bits per heavy atom. The molecule has 1 aliphatic rings. The molecule has 1 aromatic heterocycles. The van der Waals surface area contributed by atoms with Crippen molar-refractivity contribution in [3.8, 4) is 5.75 Å². The number of nitrogens with one attached hydrogen (secondary N) is 2. The lowest BCUT2D eigenvalue weighted by Gasteiger charge is -2.25. The molecule has 0 aliphatic carbocycles. The van der Waals surface area contributed by atoms with E-state index in [9.17, 15) is 14.4 Å². The number of para-hydroxylation sites is 2. The van der Waals surface area contributed by atoms with Gasteiger partial charge in [0.1, 0.15) is 10.6 Å². The molecule has 8 nitrogen and oxygen atoms in total. The molecular formula is C17H17N3O5S. The van der Waals surface area contributed by atoms with Gasteiger partial charge in [-0.25, -0.2) is 9.78 Å². The second kappa shape index (κ2) is 7.52. The number of rotatable bonds is 5. The standard InChI is InChI=1S/C17H17N3O5S/c1-3-24-16(23)14-9(2)18-17(26-14)20-13(21)8-12-15(22)19-10-6-4-5-7-11(10)25-12/h4-7,12H,3,8H2,1-2H3,(H,19,22)(H,18,20,21). The van der Waals surface area contributed by atoms with Gasteiger partial charge in [-0.05, 0) is 26.0 Å². The smallest absolute Gasteiger partial charge is 0.350 e. The number of ether oxygens (including phenoxy) is 2. The van der Waals surface area contributed by atoms with Crippen LogP contribution in [0.25, 0.3) is 0 Å². The molecule has 0 fully saturated rings. The van der Waals surface area contributed by atoms with Gasteiger partial charge in [0.2, 0.25) is 5.91 Å². The van der Waals surface area contributed by atoms with Crippen LogP contribution in [0.2, 0.25) is 0 Å². The molecule has 1 aromatic carbocycles. The van der Waals surface area contributed by atoms with Gasteiger partial charge in [0.05, 0.1) is 24.4 Å². The molecule has 3 rings (SSSR count). The highest BCUT2D eigenvalue weighted by Gasteiger charge is 2.30. The number of hydrogen-bond donors (Lipinski definition) is 2. The van der Waals surface area contributed by atoms with Gasteiger partial charge in [-0.2, -0.15) is 0 Å². The fourth-order valence-corrected chi connectivity index (χ4v) is 3.28. The van der Waals surface area contributed by atoms with Crippen molar-refractivity contribution in [2.24, 2.45) is 0 Å². The van der Waals surface area contributed by atoms with Gasteiger partial charge in [0, 0.05) is 0 Å². The van der Waals surface area contributed by atoms with Gasteiger partial charge in [-0.1, -0.05) is 23.5 Å². The van der Waals surface area contributed by atoms with Crippen LogP contribution in [0.3, 0.4) is 0 Å². The molecule has 2 amide bonds. The van der Waals surface area contributed by atoms with Crippen LogP contribution in [0.1, 0.15) is 28.7 Å². The number of amides is 2. The second-order valence-corrected chi connectivity index (χ2v) is 6.50. The minimum atomic E-state index is -0.935. The Morgan fingerprint density at radius 2 is 2.15 bits per heavy atom. The monoisotopic (exact) mass is 375 g/mol. The molecule has 1 atom stereocenters. The number of hydrogen-bond acceptors (Lipinski definition) is 7. The predicted octanol–water partition coefficient (Wildman–Crippen LogP) is 2.36. The van der Waals surface area contributed by atoms with Crippen molar-refractivity contribution in [2.45, 2.75) is 26.4 Å². The molecule has 0 bridgehead atoms. The summed E-state index contributed by atoms with van der Waals surface area (Å²) in [6.07, 6.45) is -1.11. The highest BCUT2D eigenvalue weighted by atomic mass is 32.1. The van der Waals surface area contributed by atoms with E-state index in [1.165, 1.54) is 0 Å². The van der Waals surface area contributed by atoms with E-state index in [4.69, 9.17) is 9.47 Å². The van der Waals surface area contributed by atoms with Gasteiger partial charge in [0.25, 0.3) is 5.91 Å². The van der Waals surface area contributed by atoms with Gasteiger partial charge in [0.15, 0.2) is 11.2 Å². The van der Waals surface area contributed by atoms with Gasteiger partial charge in [-0.3, -0.25) is 9.59 Å². The number of esters is 1. The molecule has 1 unspecified atom stereocenters. The molecule has 0 spiro atoms. The fraction of sp³-hybridized carbons (Fsp3) is 0.294.